The number of hydrogen-bond donors (Lipinski definition) is 2. The van der Waals surface area contributed by atoms with Gasteiger partial charge in [0, 0.05) is 22.3 Å². The third-order valence-electron chi connectivity index (χ3n) is 2.91. The second kappa shape index (κ2) is 6.39. The van der Waals surface area contributed by atoms with Crippen LogP contribution < -0.4 is 11.1 Å². The van der Waals surface area contributed by atoms with Crippen LogP contribution in [0.5, 0.6) is 0 Å². The summed E-state index contributed by atoms with van der Waals surface area (Å²) in [5.74, 6) is -0.0856. The summed E-state index contributed by atoms with van der Waals surface area (Å²) < 4.78 is 14.1. The second-order valence-electron chi connectivity index (χ2n) is 4.28. The van der Waals surface area contributed by atoms with E-state index in [0.717, 1.165) is 0 Å². The van der Waals surface area contributed by atoms with E-state index in [-0.39, 0.29) is 0 Å². The van der Waals surface area contributed by atoms with Crippen molar-refractivity contribution in [3.8, 4) is 0 Å². The molecule has 2 aromatic rings. The third-order valence-corrected chi connectivity index (χ3v) is 3.35. The maximum Gasteiger partial charge on any atom is 0.129 e. The van der Waals surface area contributed by atoms with Crippen molar-refractivity contribution in [3.05, 3.63) is 57.5 Å². The molecule has 1 heterocycles. The molecule has 2 rings (SSSR count). The van der Waals surface area contributed by atoms with Crippen molar-refractivity contribution >= 4 is 29.0 Å². The monoisotopic (exact) mass is 313 g/mol. The molecule has 0 saturated heterocycles. The molecule has 0 fully saturated rings. The lowest BCUT2D eigenvalue weighted by Crippen LogP contribution is -2.24. The van der Waals surface area contributed by atoms with Gasteiger partial charge in [-0.2, -0.15) is 0 Å². The van der Waals surface area contributed by atoms with Gasteiger partial charge in [-0.1, -0.05) is 36.2 Å². The molecule has 0 aliphatic heterocycles. The number of nitrogens with two attached hydrogens (primary N) is 1. The van der Waals surface area contributed by atoms with Gasteiger partial charge in [0.05, 0.1) is 11.1 Å². The molecule has 20 heavy (non-hydrogen) atoms. The van der Waals surface area contributed by atoms with Crippen LogP contribution in [0.15, 0.2) is 30.5 Å². The Morgan fingerprint density at radius 1 is 1.25 bits per heavy atom. The highest BCUT2D eigenvalue weighted by molar-refractivity contribution is 6.30. The van der Waals surface area contributed by atoms with E-state index in [2.05, 4.69) is 10.3 Å². The number of nitrogens with one attached hydrogen (secondary N) is 1. The van der Waals surface area contributed by atoms with E-state index in [1.807, 2.05) is 6.92 Å². The molecular formula is C14H14Cl2FN3. The summed E-state index contributed by atoms with van der Waals surface area (Å²) in [5, 5.41) is 3.98. The van der Waals surface area contributed by atoms with Crippen molar-refractivity contribution in [3.63, 3.8) is 0 Å². The Hall–Kier alpha value is -1.36. The fourth-order valence-electron chi connectivity index (χ4n) is 2.02. The Morgan fingerprint density at radius 3 is 2.65 bits per heavy atom. The fraction of sp³-hybridized carbons (Fsp3) is 0.214. The first-order chi connectivity index (χ1) is 9.52. The zero-order valence-electron chi connectivity index (χ0n) is 10.8. The molecule has 6 heteroatoms. The zero-order valence-corrected chi connectivity index (χ0v) is 12.3. The minimum atomic E-state index is -0.427. The number of nitrogen functional groups attached to an aromatic ring is 1. The molecular weight excluding hydrogens is 300 g/mol. The lowest BCUT2D eigenvalue weighted by atomic mass is 9.98. The Kier molecular flexibility index (Phi) is 4.81. The minimum Gasteiger partial charge on any atom is -0.383 e. The van der Waals surface area contributed by atoms with Crippen LogP contribution in [0.1, 0.15) is 24.1 Å². The summed E-state index contributed by atoms with van der Waals surface area (Å²) in [6.45, 7) is 2.56. The van der Waals surface area contributed by atoms with Gasteiger partial charge in [-0.15, -0.1) is 0 Å². The van der Waals surface area contributed by atoms with Crippen molar-refractivity contribution in [1.82, 2.24) is 10.3 Å². The molecule has 0 aliphatic rings. The van der Waals surface area contributed by atoms with Crippen LogP contribution in [0, 0.1) is 5.82 Å². The van der Waals surface area contributed by atoms with Crippen LogP contribution in [0.4, 0.5) is 10.2 Å². The van der Waals surface area contributed by atoms with Gasteiger partial charge in [0.15, 0.2) is 0 Å². The molecule has 3 N–H and O–H groups in total. The molecule has 0 amide bonds. The van der Waals surface area contributed by atoms with E-state index >= 15 is 0 Å². The lowest BCUT2D eigenvalue weighted by molar-refractivity contribution is 0.559. The topological polar surface area (TPSA) is 50.9 Å². The molecule has 1 atom stereocenters. The quantitative estimate of drug-likeness (QED) is 0.902. The van der Waals surface area contributed by atoms with E-state index in [4.69, 9.17) is 28.9 Å². The number of aromatic nitrogens is 1. The molecule has 1 aromatic heterocycles. The maximum atomic E-state index is 14.1. The number of hydrogen-bond acceptors (Lipinski definition) is 3. The Balaban J connectivity index is 2.53. The Bertz CT molecular complexity index is 619. The van der Waals surface area contributed by atoms with Crippen LogP contribution in [0.25, 0.3) is 0 Å². The highest BCUT2D eigenvalue weighted by atomic mass is 35.5. The van der Waals surface area contributed by atoms with Crippen LogP contribution in [0.2, 0.25) is 10.0 Å². The summed E-state index contributed by atoms with van der Waals surface area (Å²) in [7, 11) is 0. The lowest BCUT2D eigenvalue weighted by Gasteiger charge is -2.21. The molecule has 0 aliphatic carbocycles. The summed E-state index contributed by atoms with van der Waals surface area (Å²) in [4.78, 5) is 4.01. The predicted molar refractivity (Wildman–Crippen MR) is 80.6 cm³/mol. The van der Waals surface area contributed by atoms with Gasteiger partial charge in [-0.25, -0.2) is 9.37 Å². The van der Waals surface area contributed by atoms with Crippen molar-refractivity contribution in [2.75, 3.05) is 12.3 Å². The number of benzene rings is 1. The normalized spacial score (nSPS) is 12.4. The molecule has 1 unspecified atom stereocenters. The minimum absolute atomic E-state index is 0.315. The van der Waals surface area contributed by atoms with E-state index in [0.29, 0.717) is 33.5 Å². The van der Waals surface area contributed by atoms with Crippen molar-refractivity contribution in [1.29, 1.82) is 0 Å². The zero-order chi connectivity index (χ0) is 14.7. The number of anilines is 1. The van der Waals surface area contributed by atoms with Gasteiger partial charge in [0.2, 0.25) is 0 Å². The number of nitrogens with zero attached hydrogens (tertiary/aromatic N) is 1. The summed E-state index contributed by atoms with van der Waals surface area (Å²) in [5.41, 5.74) is 6.97. The van der Waals surface area contributed by atoms with Crippen molar-refractivity contribution in [2.24, 2.45) is 0 Å². The van der Waals surface area contributed by atoms with Gasteiger partial charge < -0.3 is 11.1 Å². The average molecular weight is 314 g/mol. The molecule has 106 valence electrons. The maximum absolute atomic E-state index is 14.1. The Labute approximate surface area is 126 Å². The molecule has 0 spiro atoms. The van der Waals surface area contributed by atoms with Crippen molar-refractivity contribution < 1.29 is 4.39 Å². The van der Waals surface area contributed by atoms with Gasteiger partial charge >= 0.3 is 0 Å². The third kappa shape index (κ3) is 3.20. The standard InChI is InChI=1S/C14H14Cl2FN3/c1-2-19-13(10-4-3-8(15)6-12(10)17)11-5-9(16)7-20-14(11)18/h3-7,13,19H,2H2,1H3,(H2,18,20). The van der Waals surface area contributed by atoms with E-state index < -0.39 is 11.9 Å². The summed E-state index contributed by atoms with van der Waals surface area (Å²) >= 11 is 11.7. The van der Waals surface area contributed by atoms with Crippen LogP contribution in [0.3, 0.4) is 0 Å². The first-order valence-corrected chi connectivity index (χ1v) is 6.87. The number of halogens is 3. The van der Waals surface area contributed by atoms with E-state index in [1.165, 1.54) is 12.3 Å². The Morgan fingerprint density at radius 2 is 2.00 bits per heavy atom. The van der Waals surface area contributed by atoms with Crippen LogP contribution in [-0.4, -0.2) is 11.5 Å². The first-order valence-electron chi connectivity index (χ1n) is 6.12. The second-order valence-corrected chi connectivity index (χ2v) is 5.16. The molecule has 0 bridgehead atoms. The van der Waals surface area contributed by atoms with Crippen LogP contribution >= 0.6 is 23.2 Å². The van der Waals surface area contributed by atoms with Gasteiger partial charge in [-0.3, -0.25) is 0 Å². The van der Waals surface area contributed by atoms with Gasteiger partial charge in [-0.05, 0) is 24.7 Å². The first kappa shape index (κ1) is 15.0. The SMILES string of the molecule is CCNC(c1ccc(Cl)cc1F)c1cc(Cl)cnc1N. The van der Waals surface area contributed by atoms with Gasteiger partial charge in [0.25, 0.3) is 0 Å². The summed E-state index contributed by atoms with van der Waals surface area (Å²) in [6, 6.07) is 5.80. The van der Waals surface area contributed by atoms with Gasteiger partial charge in [0.1, 0.15) is 11.6 Å². The molecule has 3 nitrogen and oxygen atoms in total. The fourth-order valence-corrected chi connectivity index (χ4v) is 2.35. The highest BCUT2D eigenvalue weighted by Gasteiger charge is 2.20. The predicted octanol–water partition coefficient (Wildman–Crippen LogP) is 3.81. The molecule has 1 aromatic carbocycles. The van der Waals surface area contributed by atoms with E-state index in [1.54, 1.807) is 18.2 Å². The smallest absolute Gasteiger partial charge is 0.129 e. The number of pyridine rings is 1. The van der Waals surface area contributed by atoms with E-state index in [9.17, 15) is 4.39 Å². The largest absolute Gasteiger partial charge is 0.383 e. The molecule has 0 radical (unpaired) electrons. The van der Waals surface area contributed by atoms with Crippen LogP contribution in [-0.2, 0) is 0 Å². The average Bonchev–Trinajstić information content (AvgIpc) is 2.40. The van der Waals surface area contributed by atoms with Crippen molar-refractivity contribution in [2.45, 2.75) is 13.0 Å². The highest BCUT2D eigenvalue weighted by Crippen LogP contribution is 2.30. The molecule has 0 saturated carbocycles. The summed E-state index contributed by atoms with van der Waals surface area (Å²) in [6.07, 6.45) is 1.46. The number of rotatable bonds is 4.